The van der Waals surface area contributed by atoms with E-state index >= 15 is 0 Å². The van der Waals surface area contributed by atoms with Crippen molar-refractivity contribution in [1.29, 1.82) is 0 Å². The molecule has 0 spiro atoms. The Morgan fingerprint density at radius 3 is 2.58 bits per heavy atom. The molecular formula is C13H13Cl2N3O. The van der Waals surface area contributed by atoms with E-state index in [-0.39, 0.29) is 11.1 Å². The van der Waals surface area contributed by atoms with Crippen LogP contribution in [0.15, 0.2) is 24.4 Å². The molecule has 0 aliphatic heterocycles. The van der Waals surface area contributed by atoms with E-state index in [0.29, 0.717) is 10.8 Å². The van der Waals surface area contributed by atoms with Crippen LogP contribution in [0.25, 0.3) is 5.82 Å². The van der Waals surface area contributed by atoms with Crippen LogP contribution in [-0.4, -0.2) is 20.0 Å². The first kappa shape index (κ1) is 14.0. The van der Waals surface area contributed by atoms with Crippen LogP contribution in [0.2, 0.25) is 5.02 Å². The lowest BCUT2D eigenvalue weighted by molar-refractivity contribution is 0.107. The van der Waals surface area contributed by atoms with Gasteiger partial charge in [0.15, 0.2) is 5.82 Å². The van der Waals surface area contributed by atoms with Gasteiger partial charge in [0, 0.05) is 11.6 Å². The molecule has 0 amide bonds. The van der Waals surface area contributed by atoms with Gasteiger partial charge in [-0.15, -0.1) is 0 Å². The normalized spacial score (nSPS) is 11.6. The summed E-state index contributed by atoms with van der Waals surface area (Å²) in [5.41, 5.74) is 0.804. The van der Waals surface area contributed by atoms with Crippen molar-refractivity contribution in [3.63, 3.8) is 0 Å². The molecule has 0 aromatic carbocycles. The molecular weight excluding hydrogens is 285 g/mol. The van der Waals surface area contributed by atoms with Crippen molar-refractivity contribution in [2.75, 3.05) is 0 Å². The summed E-state index contributed by atoms with van der Waals surface area (Å²) in [6, 6.07) is 5.06. The van der Waals surface area contributed by atoms with Gasteiger partial charge >= 0.3 is 0 Å². The third-order valence-corrected chi connectivity index (χ3v) is 3.11. The van der Waals surface area contributed by atoms with Gasteiger partial charge in [-0.05, 0) is 29.8 Å². The molecule has 0 aliphatic carbocycles. The quantitative estimate of drug-likeness (QED) is 0.796. The molecule has 0 saturated heterocycles. The molecule has 2 aromatic heterocycles. The first-order chi connectivity index (χ1) is 8.80. The smallest absolute Gasteiger partial charge is 0.271 e. The topological polar surface area (TPSA) is 47.8 Å². The summed E-state index contributed by atoms with van der Waals surface area (Å²) in [4.78, 5) is 15.7. The minimum absolute atomic E-state index is 0.201. The summed E-state index contributed by atoms with van der Waals surface area (Å²) in [7, 11) is 0. The molecule has 19 heavy (non-hydrogen) atoms. The Morgan fingerprint density at radius 2 is 2.05 bits per heavy atom. The largest absolute Gasteiger partial charge is 0.274 e. The average molecular weight is 298 g/mol. The number of rotatable bonds is 2. The standard InChI is InChI=1S/C13H13Cl2N3O/c1-13(2,3)10-7-9(11(15)19)18(17-10)12-8(14)5-4-6-16-12/h4-7H,1-3H3. The van der Waals surface area contributed by atoms with Crippen molar-refractivity contribution in [3.05, 3.63) is 40.8 Å². The maximum absolute atomic E-state index is 11.5. The van der Waals surface area contributed by atoms with Gasteiger partial charge in [-0.3, -0.25) is 4.79 Å². The first-order valence-corrected chi connectivity index (χ1v) is 6.47. The maximum Gasteiger partial charge on any atom is 0.271 e. The van der Waals surface area contributed by atoms with Gasteiger partial charge in [0.25, 0.3) is 5.24 Å². The Hall–Kier alpha value is -1.39. The Labute approximate surface area is 121 Å². The molecule has 100 valence electrons. The first-order valence-electron chi connectivity index (χ1n) is 5.72. The minimum atomic E-state index is -0.593. The number of carbonyl (C=O) groups is 1. The van der Waals surface area contributed by atoms with Gasteiger partial charge in [0.1, 0.15) is 5.69 Å². The molecule has 0 unspecified atom stereocenters. The second kappa shape index (κ2) is 4.94. The minimum Gasteiger partial charge on any atom is -0.274 e. The SMILES string of the molecule is CC(C)(C)c1cc(C(=O)Cl)n(-c2ncccc2Cl)n1. The molecule has 0 atom stereocenters. The zero-order valence-electron chi connectivity index (χ0n) is 10.8. The molecule has 0 saturated carbocycles. The molecule has 2 heterocycles. The summed E-state index contributed by atoms with van der Waals surface area (Å²) in [6.07, 6.45) is 1.59. The monoisotopic (exact) mass is 297 g/mol. The number of nitrogens with zero attached hydrogens (tertiary/aromatic N) is 3. The predicted octanol–water partition coefficient (Wildman–Crippen LogP) is 3.60. The van der Waals surface area contributed by atoms with E-state index < -0.39 is 5.24 Å². The Bertz CT molecular complexity index is 629. The number of hydrogen-bond donors (Lipinski definition) is 0. The van der Waals surface area contributed by atoms with Crippen molar-refractivity contribution in [2.24, 2.45) is 0 Å². The highest BCUT2D eigenvalue weighted by atomic mass is 35.5. The van der Waals surface area contributed by atoms with Gasteiger partial charge < -0.3 is 0 Å². The zero-order chi connectivity index (χ0) is 14.2. The lowest BCUT2D eigenvalue weighted by atomic mass is 9.92. The van der Waals surface area contributed by atoms with Crippen LogP contribution in [0.1, 0.15) is 37.0 Å². The van der Waals surface area contributed by atoms with E-state index in [1.807, 2.05) is 20.8 Å². The highest BCUT2D eigenvalue weighted by Crippen LogP contribution is 2.26. The average Bonchev–Trinajstić information content (AvgIpc) is 2.74. The zero-order valence-corrected chi connectivity index (χ0v) is 12.3. The van der Waals surface area contributed by atoms with Crippen molar-refractivity contribution in [1.82, 2.24) is 14.8 Å². The summed E-state index contributed by atoms with van der Waals surface area (Å²) < 4.78 is 1.39. The van der Waals surface area contributed by atoms with Crippen LogP contribution in [0.4, 0.5) is 0 Å². The van der Waals surface area contributed by atoms with E-state index in [9.17, 15) is 4.79 Å². The van der Waals surface area contributed by atoms with Crippen LogP contribution in [0.3, 0.4) is 0 Å². The molecule has 2 rings (SSSR count). The van der Waals surface area contributed by atoms with Gasteiger partial charge in [-0.1, -0.05) is 32.4 Å². The molecule has 0 aliphatic rings. The third-order valence-electron chi connectivity index (χ3n) is 2.62. The molecule has 0 bridgehead atoms. The molecule has 6 heteroatoms. The van der Waals surface area contributed by atoms with Crippen LogP contribution in [0, 0.1) is 0 Å². The molecule has 4 nitrogen and oxygen atoms in total. The van der Waals surface area contributed by atoms with Crippen LogP contribution in [0.5, 0.6) is 0 Å². The molecule has 2 aromatic rings. The second-order valence-corrected chi connectivity index (χ2v) is 5.91. The lowest BCUT2D eigenvalue weighted by Gasteiger charge is -2.14. The Balaban J connectivity index is 2.66. The van der Waals surface area contributed by atoms with Crippen LogP contribution in [-0.2, 0) is 5.41 Å². The fraction of sp³-hybridized carbons (Fsp3) is 0.308. The van der Waals surface area contributed by atoms with Crippen LogP contribution >= 0.6 is 23.2 Å². The fourth-order valence-corrected chi connectivity index (χ4v) is 1.92. The van der Waals surface area contributed by atoms with Crippen molar-refractivity contribution >= 4 is 28.4 Å². The summed E-state index contributed by atoms with van der Waals surface area (Å²) in [5, 5.41) is 4.21. The maximum atomic E-state index is 11.5. The van der Waals surface area contributed by atoms with E-state index in [0.717, 1.165) is 5.69 Å². The summed E-state index contributed by atoms with van der Waals surface area (Å²) >= 11 is 11.7. The van der Waals surface area contributed by atoms with Gasteiger partial charge in [-0.2, -0.15) is 5.10 Å². The molecule has 0 fully saturated rings. The van der Waals surface area contributed by atoms with E-state index in [2.05, 4.69) is 10.1 Å². The number of halogens is 2. The number of aromatic nitrogens is 3. The number of hydrogen-bond acceptors (Lipinski definition) is 3. The van der Waals surface area contributed by atoms with Gasteiger partial charge in [0.2, 0.25) is 0 Å². The summed E-state index contributed by atoms with van der Waals surface area (Å²) in [6.45, 7) is 6.01. The van der Waals surface area contributed by atoms with E-state index in [1.165, 1.54) is 4.68 Å². The predicted molar refractivity (Wildman–Crippen MR) is 75.3 cm³/mol. The molecule has 0 radical (unpaired) electrons. The fourth-order valence-electron chi connectivity index (χ4n) is 1.58. The van der Waals surface area contributed by atoms with E-state index in [4.69, 9.17) is 23.2 Å². The van der Waals surface area contributed by atoms with E-state index in [1.54, 1.807) is 24.4 Å². The summed E-state index contributed by atoms with van der Waals surface area (Å²) in [5.74, 6) is 0.392. The molecule has 0 N–H and O–H groups in total. The Morgan fingerprint density at radius 1 is 1.37 bits per heavy atom. The van der Waals surface area contributed by atoms with Crippen molar-refractivity contribution in [2.45, 2.75) is 26.2 Å². The number of pyridine rings is 1. The number of carbonyl (C=O) groups excluding carboxylic acids is 1. The van der Waals surface area contributed by atoms with Crippen LogP contribution < -0.4 is 0 Å². The van der Waals surface area contributed by atoms with Crippen molar-refractivity contribution < 1.29 is 4.79 Å². The highest BCUT2D eigenvalue weighted by molar-refractivity contribution is 6.67. The van der Waals surface area contributed by atoms with Gasteiger partial charge in [0.05, 0.1) is 10.7 Å². The Kier molecular flexibility index (Phi) is 3.65. The highest BCUT2D eigenvalue weighted by Gasteiger charge is 2.24. The van der Waals surface area contributed by atoms with Gasteiger partial charge in [-0.25, -0.2) is 9.67 Å². The van der Waals surface area contributed by atoms with Crippen molar-refractivity contribution in [3.8, 4) is 5.82 Å². The second-order valence-electron chi connectivity index (χ2n) is 5.16. The third kappa shape index (κ3) is 2.80. The lowest BCUT2D eigenvalue weighted by Crippen LogP contribution is -2.13.